The predicted molar refractivity (Wildman–Crippen MR) is 60.0 cm³/mol. The zero-order valence-electron chi connectivity index (χ0n) is 10.6. The fraction of sp³-hybridized carbons (Fsp3) is 0.818. The minimum absolute atomic E-state index is 0.0425. The summed E-state index contributed by atoms with van der Waals surface area (Å²) in [6.45, 7) is 7.85. The minimum Gasteiger partial charge on any atom is -0.467 e. The van der Waals surface area contributed by atoms with E-state index in [4.69, 9.17) is 4.74 Å². The van der Waals surface area contributed by atoms with Crippen LogP contribution >= 0.6 is 0 Å². The lowest BCUT2D eigenvalue weighted by atomic mass is 10.1. The Morgan fingerprint density at radius 2 is 1.75 bits per heavy atom. The van der Waals surface area contributed by atoms with Crippen molar-refractivity contribution in [3.8, 4) is 0 Å². The smallest absolute Gasteiger partial charge is 0.407 e. The molecule has 0 radical (unpaired) electrons. The zero-order chi connectivity index (χ0) is 12.7. The number of esters is 1. The second kappa shape index (κ2) is 7.09. The molecule has 16 heavy (non-hydrogen) atoms. The maximum atomic E-state index is 11.3. The molecule has 0 aromatic heterocycles. The molecule has 0 aliphatic heterocycles. The Hall–Kier alpha value is -1.26. The summed E-state index contributed by atoms with van der Waals surface area (Å²) in [7, 11) is 1.29. The maximum Gasteiger partial charge on any atom is 0.407 e. The molecule has 0 fully saturated rings. The van der Waals surface area contributed by atoms with Gasteiger partial charge in [-0.05, 0) is 11.8 Å². The van der Waals surface area contributed by atoms with Crippen LogP contribution in [0.1, 0.15) is 27.7 Å². The van der Waals surface area contributed by atoms with Gasteiger partial charge >= 0.3 is 12.1 Å². The van der Waals surface area contributed by atoms with E-state index < -0.39 is 18.1 Å². The summed E-state index contributed by atoms with van der Waals surface area (Å²) in [5.41, 5.74) is 0. The van der Waals surface area contributed by atoms with E-state index in [0.717, 1.165) is 0 Å². The van der Waals surface area contributed by atoms with Crippen molar-refractivity contribution >= 4 is 12.1 Å². The van der Waals surface area contributed by atoms with E-state index in [9.17, 15) is 9.59 Å². The van der Waals surface area contributed by atoms with Gasteiger partial charge in [0.15, 0.2) is 0 Å². The average Bonchev–Trinajstić information content (AvgIpc) is 2.21. The lowest BCUT2D eigenvalue weighted by molar-refractivity contribution is -0.144. The molecule has 1 atom stereocenters. The van der Waals surface area contributed by atoms with E-state index in [1.54, 1.807) is 0 Å². The summed E-state index contributed by atoms with van der Waals surface area (Å²) in [4.78, 5) is 22.7. The molecule has 0 saturated carbocycles. The van der Waals surface area contributed by atoms with Crippen molar-refractivity contribution in [2.75, 3.05) is 13.7 Å². The van der Waals surface area contributed by atoms with Crippen molar-refractivity contribution in [1.82, 2.24) is 5.32 Å². The van der Waals surface area contributed by atoms with Gasteiger partial charge in [0.1, 0.15) is 6.04 Å². The summed E-state index contributed by atoms with van der Waals surface area (Å²) in [5, 5.41) is 2.49. The lowest BCUT2D eigenvalue weighted by Crippen LogP contribution is -2.45. The highest BCUT2D eigenvalue weighted by Crippen LogP contribution is 2.04. The minimum atomic E-state index is -0.662. The third-order valence-electron chi connectivity index (χ3n) is 1.94. The number of ether oxygens (including phenoxy) is 2. The standard InChI is InChI=1S/C11H21NO4/c1-7(2)6-16-11(14)12-9(8(3)4)10(13)15-5/h7-9H,6H2,1-5H3,(H,12,14). The molecule has 94 valence electrons. The van der Waals surface area contributed by atoms with Crippen molar-refractivity contribution in [3.05, 3.63) is 0 Å². The van der Waals surface area contributed by atoms with Gasteiger partial charge in [0.2, 0.25) is 0 Å². The van der Waals surface area contributed by atoms with Crippen LogP contribution in [-0.2, 0) is 14.3 Å². The van der Waals surface area contributed by atoms with Gasteiger partial charge in [-0.3, -0.25) is 0 Å². The molecular formula is C11H21NO4. The molecular weight excluding hydrogens is 210 g/mol. The van der Waals surface area contributed by atoms with Crippen molar-refractivity contribution in [3.63, 3.8) is 0 Å². The number of amides is 1. The maximum absolute atomic E-state index is 11.3. The number of carbonyl (C=O) groups is 2. The van der Waals surface area contributed by atoms with Gasteiger partial charge in [-0.25, -0.2) is 9.59 Å². The van der Waals surface area contributed by atoms with Crippen LogP contribution in [0.5, 0.6) is 0 Å². The molecule has 1 unspecified atom stereocenters. The molecule has 0 spiro atoms. The number of hydrogen-bond donors (Lipinski definition) is 1. The Kier molecular flexibility index (Phi) is 6.53. The molecule has 0 heterocycles. The van der Waals surface area contributed by atoms with E-state index in [2.05, 4.69) is 10.1 Å². The average molecular weight is 231 g/mol. The van der Waals surface area contributed by atoms with Crippen molar-refractivity contribution < 1.29 is 19.1 Å². The van der Waals surface area contributed by atoms with Gasteiger partial charge in [-0.1, -0.05) is 27.7 Å². The highest BCUT2D eigenvalue weighted by atomic mass is 16.6. The number of rotatable bonds is 5. The number of nitrogens with one attached hydrogen (secondary N) is 1. The highest BCUT2D eigenvalue weighted by Gasteiger charge is 2.25. The van der Waals surface area contributed by atoms with E-state index in [1.165, 1.54) is 7.11 Å². The first-order chi connectivity index (χ1) is 7.38. The Morgan fingerprint density at radius 1 is 1.19 bits per heavy atom. The molecule has 0 rings (SSSR count). The number of alkyl carbamates (subject to hydrolysis) is 1. The van der Waals surface area contributed by atoms with E-state index in [-0.39, 0.29) is 11.8 Å². The van der Waals surface area contributed by atoms with E-state index >= 15 is 0 Å². The van der Waals surface area contributed by atoms with Crippen LogP contribution < -0.4 is 5.32 Å². The first-order valence-electron chi connectivity index (χ1n) is 5.39. The third kappa shape index (κ3) is 5.58. The van der Waals surface area contributed by atoms with Gasteiger partial charge in [-0.2, -0.15) is 0 Å². The van der Waals surface area contributed by atoms with Crippen LogP contribution in [0.25, 0.3) is 0 Å². The molecule has 5 heteroatoms. The molecule has 0 aliphatic rings. The largest absolute Gasteiger partial charge is 0.467 e. The molecule has 1 amide bonds. The topological polar surface area (TPSA) is 64.6 Å². The first-order valence-corrected chi connectivity index (χ1v) is 5.39. The fourth-order valence-electron chi connectivity index (χ4n) is 1.04. The van der Waals surface area contributed by atoms with Gasteiger partial charge < -0.3 is 14.8 Å². The molecule has 0 aromatic carbocycles. The van der Waals surface area contributed by atoms with E-state index in [0.29, 0.717) is 6.61 Å². The van der Waals surface area contributed by atoms with Crippen LogP contribution in [0.4, 0.5) is 4.79 Å². The second-order valence-corrected chi connectivity index (χ2v) is 4.38. The summed E-state index contributed by atoms with van der Waals surface area (Å²) in [6.07, 6.45) is -0.585. The second-order valence-electron chi connectivity index (χ2n) is 4.38. The SMILES string of the molecule is COC(=O)C(NC(=O)OCC(C)C)C(C)C. The van der Waals surface area contributed by atoms with Crippen molar-refractivity contribution in [1.29, 1.82) is 0 Å². The van der Waals surface area contributed by atoms with Crippen LogP contribution in [-0.4, -0.2) is 31.8 Å². The van der Waals surface area contributed by atoms with Crippen LogP contribution in [0.3, 0.4) is 0 Å². The van der Waals surface area contributed by atoms with Gasteiger partial charge in [-0.15, -0.1) is 0 Å². The predicted octanol–water partition coefficient (Wildman–Crippen LogP) is 1.57. The van der Waals surface area contributed by atoms with Gasteiger partial charge in [0.25, 0.3) is 0 Å². The Balaban J connectivity index is 4.19. The van der Waals surface area contributed by atoms with Crippen LogP contribution in [0.2, 0.25) is 0 Å². The van der Waals surface area contributed by atoms with Crippen LogP contribution in [0, 0.1) is 11.8 Å². The van der Waals surface area contributed by atoms with Gasteiger partial charge in [0.05, 0.1) is 13.7 Å². The summed E-state index contributed by atoms with van der Waals surface area (Å²) in [5.74, 6) is -0.239. The molecule has 5 nitrogen and oxygen atoms in total. The fourth-order valence-corrected chi connectivity index (χ4v) is 1.04. The third-order valence-corrected chi connectivity index (χ3v) is 1.94. The molecule has 0 saturated heterocycles. The monoisotopic (exact) mass is 231 g/mol. The Labute approximate surface area is 96.5 Å². The van der Waals surface area contributed by atoms with Crippen LogP contribution in [0.15, 0.2) is 0 Å². The van der Waals surface area contributed by atoms with Gasteiger partial charge in [0, 0.05) is 0 Å². The number of hydrogen-bond acceptors (Lipinski definition) is 4. The molecule has 0 aliphatic carbocycles. The normalized spacial score (nSPS) is 12.4. The first kappa shape index (κ1) is 14.7. The van der Waals surface area contributed by atoms with Crippen molar-refractivity contribution in [2.45, 2.75) is 33.7 Å². The Morgan fingerprint density at radius 3 is 2.12 bits per heavy atom. The summed E-state index contributed by atoms with van der Waals surface area (Å²) in [6, 6.07) is -0.662. The molecule has 1 N–H and O–H groups in total. The quantitative estimate of drug-likeness (QED) is 0.729. The Bertz CT molecular complexity index is 238. The summed E-state index contributed by atoms with van der Waals surface area (Å²) < 4.78 is 9.51. The summed E-state index contributed by atoms with van der Waals surface area (Å²) >= 11 is 0. The number of methoxy groups -OCH3 is 1. The highest BCUT2D eigenvalue weighted by molar-refractivity contribution is 5.81. The zero-order valence-corrected chi connectivity index (χ0v) is 10.6. The number of carbonyl (C=O) groups excluding carboxylic acids is 2. The van der Waals surface area contributed by atoms with Crippen molar-refractivity contribution in [2.24, 2.45) is 11.8 Å². The molecule has 0 bridgehead atoms. The molecule has 0 aromatic rings. The lowest BCUT2D eigenvalue weighted by Gasteiger charge is -2.19. The van der Waals surface area contributed by atoms with E-state index in [1.807, 2.05) is 27.7 Å².